The number of piperidine rings is 1. The smallest absolute Gasteiger partial charge is 0.410 e. The Morgan fingerprint density at radius 3 is 2.87 bits per heavy atom. The van der Waals surface area contributed by atoms with E-state index in [1.807, 2.05) is 40.9 Å². The number of imidazole rings is 1. The van der Waals surface area contributed by atoms with E-state index in [-0.39, 0.29) is 24.7 Å². The van der Waals surface area contributed by atoms with Crippen LogP contribution < -0.4 is 0 Å². The number of carbonyl (C=O) groups excluding carboxylic acids is 1. The number of fused-ring (bicyclic) bond motifs is 1. The van der Waals surface area contributed by atoms with E-state index in [2.05, 4.69) is 25.9 Å². The van der Waals surface area contributed by atoms with Gasteiger partial charge in [0.25, 0.3) is 0 Å². The van der Waals surface area contributed by atoms with Crippen LogP contribution in [-0.2, 0) is 16.1 Å². The number of rotatable bonds is 5. The maximum atomic E-state index is 12.9. The molecule has 1 fully saturated rings. The van der Waals surface area contributed by atoms with Gasteiger partial charge in [-0.15, -0.1) is 0 Å². The Labute approximate surface area is 188 Å². The number of benzene rings is 1. The second-order valence-corrected chi connectivity index (χ2v) is 8.38. The van der Waals surface area contributed by atoms with Crippen LogP contribution in [0.4, 0.5) is 4.79 Å². The topological polar surface area (TPSA) is 69.0 Å². The van der Waals surface area contributed by atoms with Gasteiger partial charge in [0, 0.05) is 32.0 Å². The highest BCUT2D eigenvalue weighted by atomic mass is 79.9. The van der Waals surface area contributed by atoms with E-state index < -0.39 is 0 Å². The lowest BCUT2D eigenvalue weighted by atomic mass is 9.92. The Kier molecular flexibility index (Phi) is 6.55. The number of ether oxygens (including phenoxy) is 2. The molecule has 0 aliphatic carbocycles. The van der Waals surface area contributed by atoms with Crippen LogP contribution in [0, 0.1) is 0 Å². The van der Waals surface area contributed by atoms with Crippen molar-refractivity contribution in [2.45, 2.75) is 31.4 Å². The van der Waals surface area contributed by atoms with E-state index in [9.17, 15) is 4.79 Å². The molecule has 0 spiro atoms. The second kappa shape index (κ2) is 9.32. The number of methoxy groups -OCH3 is 1. The number of aromatic nitrogens is 3. The first-order valence-corrected chi connectivity index (χ1v) is 10.9. The van der Waals surface area contributed by atoms with Crippen LogP contribution in [0.1, 0.15) is 30.1 Å². The van der Waals surface area contributed by atoms with Crippen molar-refractivity contribution >= 4 is 39.1 Å². The number of nitrogens with zero attached hydrogens (tertiary/aromatic N) is 4. The summed E-state index contributed by atoms with van der Waals surface area (Å²) in [4.78, 5) is 23.5. The third-order valence-electron chi connectivity index (χ3n) is 5.36. The van der Waals surface area contributed by atoms with Gasteiger partial charge in [-0.05, 0) is 34.3 Å². The van der Waals surface area contributed by atoms with Crippen molar-refractivity contribution in [1.29, 1.82) is 0 Å². The van der Waals surface area contributed by atoms with Crippen molar-refractivity contribution in [2.24, 2.45) is 0 Å². The Hall–Kier alpha value is -2.16. The minimum Gasteiger partial charge on any atom is -0.445 e. The quantitative estimate of drug-likeness (QED) is 0.516. The van der Waals surface area contributed by atoms with Gasteiger partial charge in [0.2, 0.25) is 0 Å². The third kappa shape index (κ3) is 4.31. The van der Waals surface area contributed by atoms with Gasteiger partial charge in [-0.25, -0.2) is 14.8 Å². The van der Waals surface area contributed by atoms with Gasteiger partial charge in [0.15, 0.2) is 5.15 Å². The summed E-state index contributed by atoms with van der Waals surface area (Å²) in [5.41, 5.74) is 1.68. The summed E-state index contributed by atoms with van der Waals surface area (Å²) in [7, 11) is 1.65. The summed E-state index contributed by atoms with van der Waals surface area (Å²) in [6.45, 7) is 1.20. The average Bonchev–Trinajstić information content (AvgIpc) is 3.11. The first kappa shape index (κ1) is 21.1. The molecule has 0 radical (unpaired) electrons. The van der Waals surface area contributed by atoms with Gasteiger partial charge < -0.3 is 14.4 Å². The van der Waals surface area contributed by atoms with Gasteiger partial charge in [-0.2, -0.15) is 0 Å². The van der Waals surface area contributed by atoms with Crippen molar-refractivity contribution in [3.05, 3.63) is 63.9 Å². The molecule has 0 bridgehead atoms. The summed E-state index contributed by atoms with van der Waals surface area (Å²) >= 11 is 9.74. The molecular weight excluding hydrogens is 472 g/mol. The summed E-state index contributed by atoms with van der Waals surface area (Å²) in [5.74, 6) is 0.887. The second-order valence-electron chi connectivity index (χ2n) is 7.27. The first-order valence-electron chi connectivity index (χ1n) is 9.72. The van der Waals surface area contributed by atoms with Gasteiger partial charge in [0.1, 0.15) is 22.6 Å². The number of hydrogen-bond donors (Lipinski definition) is 0. The third-order valence-corrected chi connectivity index (χ3v) is 6.19. The van der Waals surface area contributed by atoms with E-state index in [1.165, 1.54) is 0 Å². The number of likely N-dealkylation sites (tertiary alicyclic amines) is 1. The van der Waals surface area contributed by atoms with Crippen LogP contribution >= 0.6 is 27.5 Å². The van der Waals surface area contributed by atoms with Gasteiger partial charge in [-0.3, -0.25) is 4.40 Å². The highest BCUT2D eigenvalue weighted by Crippen LogP contribution is 2.34. The van der Waals surface area contributed by atoms with Gasteiger partial charge in [-0.1, -0.05) is 41.9 Å². The molecule has 2 atom stereocenters. The van der Waals surface area contributed by atoms with Crippen molar-refractivity contribution in [3.8, 4) is 0 Å². The molecule has 4 rings (SSSR count). The number of amides is 1. The number of halogens is 2. The predicted molar refractivity (Wildman–Crippen MR) is 117 cm³/mol. The molecule has 3 heterocycles. The van der Waals surface area contributed by atoms with Crippen molar-refractivity contribution in [1.82, 2.24) is 19.3 Å². The molecule has 158 valence electrons. The maximum absolute atomic E-state index is 12.9. The highest BCUT2D eigenvalue weighted by Gasteiger charge is 2.35. The van der Waals surface area contributed by atoms with Crippen LogP contribution in [0.3, 0.4) is 0 Å². The van der Waals surface area contributed by atoms with Crippen molar-refractivity contribution in [2.75, 3.05) is 20.3 Å². The molecule has 1 amide bonds. The summed E-state index contributed by atoms with van der Waals surface area (Å²) in [5, 5.41) is 0.385. The molecule has 0 saturated carbocycles. The fourth-order valence-electron chi connectivity index (χ4n) is 3.90. The van der Waals surface area contributed by atoms with Crippen LogP contribution in [0.2, 0.25) is 5.15 Å². The molecule has 1 aromatic carbocycles. The Morgan fingerprint density at radius 1 is 1.30 bits per heavy atom. The molecule has 2 aromatic heterocycles. The zero-order valence-corrected chi connectivity index (χ0v) is 18.8. The fraction of sp³-hybridized carbons (Fsp3) is 0.381. The monoisotopic (exact) mass is 492 g/mol. The highest BCUT2D eigenvalue weighted by molar-refractivity contribution is 9.10. The van der Waals surface area contributed by atoms with E-state index in [1.54, 1.807) is 18.2 Å². The fourth-order valence-corrected chi connectivity index (χ4v) is 4.81. The minimum absolute atomic E-state index is 0.0329. The minimum atomic E-state index is -0.342. The Morgan fingerprint density at radius 2 is 2.10 bits per heavy atom. The van der Waals surface area contributed by atoms with Crippen LogP contribution in [-0.4, -0.2) is 51.7 Å². The van der Waals surface area contributed by atoms with Crippen LogP contribution in [0.25, 0.3) is 5.52 Å². The lowest BCUT2D eigenvalue weighted by Crippen LogP contribution is -2.48. The molecule has 3 aromatic rings. The van der Waals surface area contributed by atoms with E-state index in [4.69, 9.17) is 21.1 Å². The SMILES string of the molecule is COC[C@@H]1CC[C@@H](c2nc(Br)c3c(Cl)nccn23)CN1C(=O)OCc1ccccc1. The molecule has 1 saturated heterocycles. The van der Waals surface area contributed by atoms with Crippen LogP contribution in [0.15, 0.2) is 47.3 Å². The molecular formula is C21H22BrClN4O3. The summed E-state index contributed by atoms with van der Waals surface area (Å²) in [6.07, 6.45) is 4.82. The zero-order chi connectivity index (χ0) is 21.1. The summed E-state index contributed by atoms with van der Waals surface area (Å²) in [6, 6.07) is 9.62. The molecule has 30 heavy (non-hydrogen) atoms. The Bertz CT molecular complexity index is 1030. The summed E-state index contributed by atoms with van der Waals surface area (Å²) < 4.78 is 13.5. The van der Waals surface area contributed by atoms with Gasteiger partial charge in [0.05, 0.1) is 12.6 Å². The van der Waals surface area contributed by atoms with Crippen LogP contribution in [0.5, 0.6) is 0 Å². The molecule has 0 unspecified atom stereocenters. The standard InChI is InChI=1S/C21H22BrClN4O3/c1-29-13-16-8-7-15(20-25-18(22)17-19(23)24-9-10-26(17)20)11-27(16)21(28)30-12-14-5-3-2-4-6-14/h2-6,9-10,15-16H,7-8,11-13H2,1H3/t15-,16+/m1/s1. The molecule has 1 aliphatic rings. The largest absolute Gasteiger partial charge is 0.445 e. The van der Waals surface area contributed by atoms with E-state index in [0.717, 1.165) is 29.7 Å². The number of hydrogen-bond acceptors (Lipinski definition) is 5. The average molecular weight is 494 g/mol. The van der Waals surface area contributed by atoms with Gasteiger partial charge >= 0.3 is 6.09 Å². The lowest BCUT2D eigenvalue weighted by molar-refractivity contribution is 0.0338. The Balaban J connectivity index is 1.55. The molecule has 9 heteroatoms. The van der Waals surface area contributed by atoms with E-state index >= 15 is 0 Å². The lowest BCUT2D eigenvalue weighted by Gasteiger charge is -2.38. The maximum Gasteiger partial charge on any atom is 0.410 e. The molecule has 1 aliphatic heterocycles. The molecule has 0 N–H and O–H groups in total. The van der Waals surface area contributed by atoms with Crippen molar-refractivity contribution in [3.63, 3.8) is 0 Å². The predicted octanol–water partition coefficient (Wildman–Crippen LogP) is 4.68. The van der Waals surface area contributed by atoms with E-state index in [0.29, 0.717) is 22.9 Å². The zero-order valence-electron chi connectivity index (χ0n) is 16.5. The molecule has 7 nitrogen and oxygen atoms in total. The normalized spacial score (nSPS) is 19.2. The number of carbonyl (C=O) groups is 1. The van der Waals surface area contributed by atoms with Crippen molar-refractivity contribution < 1.29 is 14.3 Å². The first-order chi connectivity index (χ1) is 14.6.